The molecule has 1 aromatic heterocycles. The molecule has 0 unspecified atom stereocenters. The van der Waals surface area contributed by atoms with E-state index in [1.807, 2.05) is 39.8 Å². The molecular weight excluding hydrogens is 476 g/mol. The van der Waals surface area contributed by atoms with Crippen LogP contribution in [0.3, 0.4) is 0 Å². The number of carbonyl (C=O) groups is 1. The van der Waals surface area contributed by atoms with Crippen LogP contribution in [-0.2, 0) is 13.0 Å². The van der Waals surface area contributed by atoms with Crippen molar-refractivity contribution in [1.82, 2.24) is 14.5 Å². The second kappa shape index (κ2) is 10.9. The first-order valence-corrected chi connectivity index (χ1v) is 14.4. The summed E-state index contributed by atoms with van der Waals surface area (Å²) in [6.07, 6.45) is 12.2. The first-order valence-electron chi connectivity index (χ1n) is 14.4. The van der Waals surface area contributed by atoms with E-state index in [1.54, 1.807) is 12.1 Å². The first-order chi connectivity index (χ1) is 18.6. The molecule has 3 aliphatic rings. The summed E-state index contributed by atoms with van der Waals surface area (Å²) in [6.45, 7) is 3.28. The Morgan fingerprint density at radius 1 is 0.842 bits per heavy atom. The summed E-state index contributed by atoms with van der Waals surface area (Å²) in [7, 11) is 0. The number of anilines is 1. The van der Waals surface area contributed by atoms with Crippen molar-refractivity contribution in [3.05, 3.63) is 69.5 Å². The molecule has 0 atom stereocenters. The smallest absolute Gasteiger partial charge is 0.335 e. The molecule has 6 rings (SSSR count). The van der Waals surface area contributed by atoms with Crippen LogP contribution in [0.1, 0.15) is 85.3 Å². The third-order valence-corrected chi connectivity index (χ3v) is 9.00. The molecule has 3 aromatic rings. The molecule has 0 amide bonds. The Hall–Kier alpha value is -3.19. The van der Waals surface area contributed by atoms with Crippen molar-refractivity contribution in [2.75, 3.05) is 24.5 Å². The second-order valence-corrected chi connectivity index (χ2v) is 11.3. The van der Waals surface area contributed by atoms with Crippen molar-refractivity contribution in [2.45, 2.75) is 82.8 Å². The van der Waals surface area contributed by atoms with Crippen LogP contribution in [0.4, 0.5) is 5.82 Å². The predicted molar refractivity (Wildman–Crippen MR) is 150 cm³/mol. The van der Waals surface area contributed by atoms with Crippen LogP contribution in [0, 0.1) is 0 Å². The van der Waals surface area contributed by atoms with Crippen LogP contribution < -0.4 is 10.5 Å². The monoisotopic (exact) mass is 514 g/mol. The van der Waals surface area contributed by atoms with E-state index in [9.17, 15) is 14.7 Å². The summed E-state index contributed by atoms with van der Waals surface area (Å²) >= 11 is 0. The number of rotatable bonds is 4. The number of likely N-dealkylation sites (tertiary alicyclic amines) is 1. The molecule has 38 heavy (non-hydrogen) atoms. The topological polar surface area (TPSA) is 78.7 Å². The van der Waals surface area contributed by atoms with Crippen LogP contribution in [0.25, 0.3) is 11.0 Å². The number of hydrogen-bond donors (Lipinski definition) is 1. The van der Waals surface area contributed by atoms with Crippen LogP contribution in [0.15, 0.2) is 47.3 Å². The van der Waals surface area contributed by atoms with Gasteiger partial charge in [0.15, 0.2) is 5.82 Å². The summed E-state index contributed by atoms with van der Waals surface area (Å²) < 4.78 is 2.02. The second-order valence-electron chi connectivity index (χ2n) is 11.3. The third-order valence-electron chi connectivity index (χ3n) is 9.00. The van der Waals surface area contributed by atoms with Gasteiger partial charge in [-0.1, -0.05) is 50.3 Å². The highest BCUT2D eigenvalue weighted by atomic mass is 16.4. The van der Waals surface area contributed by atoms with Crippen molar-refractivity contribution < 1.29 is 9.90 Å². The van der Waals surface area contributed by atoms with Crippen LogP contribution >= 0.6 is 0 Å². The number of aromatic nitrogens is 2. The van der Waals surface area contributed by atoms with E-state index in [0.717, 1.165) is 54.5 Å². The number of benzene rings is 2. The van der Waals surface area contributed by atoms with Crippen LogP contribution in [-0.4, -0.2) is 51.2 Å². The Labute approximate surface area is 224 Å². The van der Waals surface area contributed by atoms with Gasteiger partial charge in [-0.2, -0.15) is 0 Å². The molecule has 1 aliphatic carbocycles. The first kappa shape index (κ1) is 25.1. The summed E-state index contributed by atoms with van der Waals surface area (Å²) in [4.78, 5) is 35.2. The maximum absolute atomic E-state index is 14.1. The lowest BCUT2D eigenvalue weighted by Crippen LogP contribution is -2.44. The molecule has 200 valence electrons. The molecule has 3 heterocycles. The molecule has 2 aliphatic heterocycles. The van der Waals surface area contributed by atoms with Gasteiger partial charge in [0.25, 0.3) is 5.56 Å². The summed E-state index contributed by atoms with van der Waals surface area (Å²) in [6, 6.07) is 14.2. The van der Waals surface area contributed by atoms with Gasteiger partial charge in [0.05, 0.1) is 16.6 Å². The highest BCUT2D eigenvalue weighted by molar-refractivity contribution is 5.88. The number of hydrogen-bond acceptors (Lipinski definition) is 5. The zero-order chi connectivity index (χ0) is 26.1. The number of aromatic carboxylic acids is 1. The minimum atomic E-state index is -0.929. The Balaban J connectivity index is 1.28. The number of carboxylic acids is 1. The molecule has 2 aromatic carbocycles. The number of para-hydroxylation sites is 2. The standard InChI is InChI=1S/C31H38N4O3/c36-30-29(34-17-14-22-12-13-23(31(37)38)20-24(22)21-34)32-27-10-6-7-11-28(27)35(30)26-15-18-33(19-16-26)25-8-4-2-1-3-5-9-25/h6-7,10-13,20,25-26H,1-5,8-9,14-19,21H2,(H,37,38). The fourth-order valence-corrected chi connectivity index (χ4v) is 6.89. The zero-order valence-corrected chi connectivity index (χ0v) is 22.1. The molecule has 0 radical (unpaired) electrons. The van der Waals surface area contributed by atoms with Gasteiger partial charge in [-0.05, 0) is 67.5 Å². The lowest BCUT2D eigenvalue weighted by atomic mass is 9.93. The quantitative estimate of drug-likeness (QED) is 0.502. The zero-order valence-electron chi connectivity index (χ0n) is 22.1. The number of piperidine rings is 1. The number of nitrogens with zero attached hydrogens (tertiary/aromatic N) is 4. The maximum Gasteiger partial charge on any atom is 0.335 e. The SMILES string of the molecule is O=C(O)c1ccc2c(c1)CN(c1nc3ccccc3n(C3CCN(C4CCCCCCC4)CC3)c1=O)CC2. The maximum atomic E-state index is 14.1. The average molecular weight is 515 g/mol. The lowest BCUT2D eigenvalue weighted by molar-refractivity contribution is 0.0696. The normalized spacial score (nSPS) is 20.2. The Morgan fingerprint density at radius 3 is 2.34 bits per heavy atom. The fourth-order valence-electron chi connectivity index (χ4n) is 6.89. The predicted octanol–water partition coefficient (Wildman–Crippen LogP) is 5.41. The van der Waals surface area contributed by atoms with Crippen LogP contribution in [0.2, 0.25) is 0 Å². The van der Waals surface area contributed by atoms with Crippen molar-refractivity contribution in [2.24, 2.45) is 0 Å². The number of fused-ring (bicyclic) bond motifs is 2. The van der Waals surface area contributed by atoms with Gasteiger partial charge in [-0.3, -0.25) is 4.79 Å². The van der Waals surface area contributed by atoms with Gasteiger partial charge >= 0.3 is 5.97 Å². The molecule has 0 spiro atoms. The van der Waals surface area contributed by atoms with Gasteiger partial charge in [-0.15, -0.1) is 0 Å². The molecule has 7 heteroatoms. The van der Waals surface area contributed by atoms with Crippen molar-refractivity contribution in [3.63, 3.8) is 0 Å². The minimum absolute atomic E-state index is 0.0223. The van der Waals surface area contributed by atoms with Crippen molar-refractivity contribution in [1.29, 1.82) is 0 Å². The van der Waals surface area contributed by atoms with Gasteiger partial charge in [0.1, 0.15) is 0 Å². The third kappa shape index (κ3) is 4.96. The Bertz CT molecular complexity index is 1370. The van der Waals surface area contributed by atoms with Crippen molar-refractivity contribution in [3.8, 4) is 0 Å². The van der Waals surface area contributed by atoms with E-state index in [-0.39, 0.29) is 17.2 Å². The Kier molecular flexibility index (Phi) is 7.20. The van der Waals surface area contributed by atoms with E-state index >= 15 is 0 Å². The molecule has 0 bridgehead atoms. The summed E-state index contributed by atoms with van der Waals surface area (Å²) in [5.41, 5.74) is 4.13. The summed E-state index contributed by atoms with van der Waals surface area (Å²) in [5, 5.41) is 9.46. The largest absolute Gasteiger partial charge is 0.478 e. The fraction of sp³-hybridized carbons (Fsp3) is 0.516. The highest BCUT2D eigenvalue weighted by Crippen LogP contribution is 2.31. The van der Waals surface area contributed by atoms with E-state index < -0.39 is 5.97 Å². The van der Waals surface area contributed by atoms with E-state index in [2.05, 4.69) is 4.90 Å². The van der Waals surface area contributed by atoms with Gasteiger partial charge in [0, 0.05) is 38.3 Å². The van der Waals surface area contributed by atoms with Gasteiger partial charge < -0.3 is 19.5 Å². The molecule has 2 fully saturated rings. The molecular formula is C31H38N4O3. The Morgan fingerprint density at radius 2 is 1.58 bits per heavy atom. The van der Waals surface area contributed by atoms with E-state index in [1.165, 1.54) is 44.9 Å². The van der Waals surface area contributed by atoms with Gasteiger partial charge in [0.2, 0.25) is 0 Å². The number of carboxylic acid groups (broad SMARTS) is 1. The highest BCUT2D eigenvalue weighted by Gasteiger charge is 2.29. The van der Waals surface area contributed by atoms with Crippen molar-refractivity contribution >= 4 is 22.8 Å². The molecule has 1 N–H and O–H groups in total. The summed E-state index contributed by atoms with van der Waals surface area (Å²) in [5.74, 6) is -0.445. The lowest BCUT2D eigenvalue weighted by Gasteiger charge is -2.39. The molecule has 1 saturated carbocycles. The molecule has 7 nitrogen and oxygen atoms in total. The van der Waals surface area contributed by atoms with E-state index in [0.29, 0.717) is 24.9 Å². The average Bonchev–Trinajstić information content (AvgIpc) is 2.92. The van der Waals surface area contributed by atoms with Crippen LogP contribution in [0.5, 0.6) is 0 Å². The van der Waals surface area contributed by atoms with Gasteiger partial charge in [-0.25, -0.2) is 9.78 Å². The molecule has 1 saturated heterocycles. The minimum Gasteiger partial charge on any atom is -0.478 e. The van der Waals surface area contributed by atoms with E-state index in [4.69, 9.17) is 4.98 Å².